The minimum atomic E-state index is -0.365. The van der Waals surface area contributed by atoms with E-state index in [1.165, 1.54) is 30.9 Å². The van der Waals surface area contributed by atoms with Gasteiger partial charge in [0.05, 0.1) is 26.8 Å². The van der Waals surface area contributed by atoms with E-state index in [9.17, 15) is 4.79 Å². The number of hydrogen-bond donors (Lipinski definition) is 1. The molecule has 0 unspecified atom stereocenters. The van der Waals surface area contributed by atoms with E-state index >= 15 is 0 Å². The first kappa shape index (κ1) is 22.0. The van der Waals surface area contributed by atoms with E-state index in [0.717, 1.165) is 26.1 Å². The number of ether oxygens (including phenoxy) is 3. The van der Waals surface area contributed by atoms with Crippen molar-refractivity contribution in [3.63, 3.8) is 0 Å². The molecular weight excluding hydrogens is 408 g/mol. The van der Waals surface area contributed by atoms with Crippen LogP contribution in [0.15, 0.2) is 29.1 Å². The number of nitrogens with zero attached hydrogens (tertiary/aromatic N) is 3. The van der Waals surface area contributed by atoms with Crippen LogP contribution in [-0.2, 0) is 19.5 Å². The number of nitrogens with one attached hydrogen (secondary N) is 1. The number of methoxy groups -OCH3 is 3. The molecule has 8 heteroatoms. The van der Waals surface area contributed by atoms with Gasteiger partial charge in [-0.3, -0.25) is 4.79 Å². The summed E-state index contributed by atoms with van der Waals surface area (Å²) in [6.45, 7) is 5.58. The van der Waals surface area contributed by atoms with Crippen molar-refractivity contribution in [3.05, 3.63) is 51.3 Å². The van der Waals surface area contributed by atoms with E-state index in [1.54, 1.807) is 13.2 Å². The molecule has 0 radical (unpaired) electrons. The van der Waals surface area contributed by atoms with Gasteiger partial charge in [0.25, 0.3) is 5.56 Å². The Kier molecular flexibility index (Phi) is 6.23. The summed E-state index contributed by atoms with van der Waals surface area (Å²) in [5.41, 5.74) is 4.27. The zero-order valence-electron chi connectivity index (χ0n) is 19.3. The highest BCUT2D eigenvalue weighted by Crippen LogP contribution is 2.41. The SMILES string of the molecule is CCN(C)Cc1cccc2c1CCN(c1nc(=O)c3c(OC)c(OC)c(OC)cc3[nH]1)C2. The lowest BCUT2D eigenvalue weighted by Gasteiger charge is -2.31. The first-order valence-electron chi connectivity index (χ1n) is 10.8. The number of aromatic nitrogens is 2. The summed E-state index contributed by atoms with van der Waals surface area (Å²) in [6, 6.07) is 8.23. The second-order valence-electron chi connectivity index (χ2n) is 7.99. The van der Waals surface area contributed by atoms with Crippen LogP contribution in [0.3, 0.4) is 0 Å². The van der Waals surface area contributed by atoms with Crippen LogP contribution < -0.4 is 24.7 Å². The Balaban J connectivity index is 1.73. The summed E-state index contributed by atoms with van der Waals surface area (Å²) in [7, 11) is 6.70. The molecule has 3 aromatic rings. The predicted molar refractivity (Wildman–Crippen MR) is 125 cm³/mol. The Bertz CT molecular complexity index is 1190. The monoisotopic (exact) mass is 438 g/mol. The van der Waals surface area contributed by atoms with Crippen molar-refractivity contribution in [1.29, 1.82) is 0 Å². The highest BCUT2D eigenvalue weighted by molar-refractivity contribution is 5.90. The molecule has 0 saturated heterocycles. The van der Waals surface area contributed by atoms with Gasteiger partial charge in [0.1, 0.15) is 5.39 Å². The van der Waals surface area contributed by atoms with Crippen molar-refractivity contribution in [2.75, 3.05) is 46.4 Å². The molecule has 0 amide bonds. The molecule has 1 aliphatic heterocycles. The number of hydrogen-bond acceptors (Lipinski definition) is 7. The Hall–Kier alpha value is -3.26. The fraction of sp³-hybridized carbons (Fsp3) is 0.417. The fourth-order valence-electron chi connectivity index (χ4n) is 4.34. The van der Waals surface area contributed by atoms with E-state index in [-0.39, 0.29) is 5.56 Å². The normalized spacial score (nSPS) is 13.4. The molecule has 32 heavy (non-hydrogen) atoms. The van der Waals surface area contributed by atoms with Crippen molar-refractivity contribution in [2.24, 2.45) is 0 Å². The van der Waals surface area contributed by atoms with Gasteiger partial charge in [-0.1, -0.05) is 25.1 Å². The van der Waals surface area contributed by atoms with Gasteiger partial charge in [-0.2, -0.15) is 4.98 Å². The Morgan fingerprint density at radius 2 is 1.94 bits per heavy atom. The third-order valence-electron chi connectivity index (χ3n) is 6.14. The summed E-state index contributed by atoms with van der Waals surface area (Å²) in [5.74, 6) is 1.71. The number of H-pyrrole nitrogens is 1. The molecule has 0 atom stereocenters. The summed E-state index contributed by atoms with van der Waals surface area (Å²) in [5, 5.41) is 0.344. The molecule has 0 fully saturated rings. The predicted octanol–water partition coefficient (Wildman–Crippen LogP) is 2.96. The maximum absolute atomic E-state index is 13.0. The van der Waals surface area contributed by atoms with Crippen LogP contribution in [-0.4, -0.2) is 56.3 Å². The molecule has 1 N–H and O–H groups in total. The molecule has 8 nitrogen and oxygen atoms in total. The minimum Gasteiger partial charge on any atom is -0.493 e. The van der Waals surface area contributed by atoms with Crippen LogP contribution in [0.25, 0.3) is 10.9 Å². The van der Waals surface area contributed by atoms with Crippen molar-refractivity contribution in [1.82, 2.24) is 14.9 Å². The highest BCUT2D eigenvalue weighted by atomic mass is 16.5. The molecule has 0 aliphatic carbocycles. The Morgan fingerprint density at radius 3 is 2.62 bits per heavy atom. The number of benzene rings is 2. The topological polar surface area (TPSA) is 79.9 Å². The quantitative estimate of drug-likeness (QED) is 0.607. The van der Waals surface area contributed by atoms with E-state index in [2.05, 4.69) is 51.9 Å². The molecule has 0 spiro atoms. The molecule has 1 aliphatic rings. The van der Waals surface area contributed by atoms with Gasteiger partial charge >= 0.3 is 0 Å². The van der Waals surface area contributed by atoms with Gasteiger partial charge in [-0.15, -0.1) is 0 Å². The lowest BCUT2D eigenvalue weighted by Crippen LogP contribution is -2.34. The number of aromatic amines is 1. The lowest BCUT2D eigenvalue weighted by atomic mass is 9.94. The van der Waals surface area contributed by atoms with Crippen LogP contribution in [0.4, 0.5) is 5.95 Å². The van der Waals surface area contributed by atoms with E-state index in [4.69, 9.17) is 14.2 Å². The molecule has 2 heterocycles. The fourth-order valence-corrected chi connectivity index (χ4v) is 4.34. The van der Waals surface area contributed by atoms with Crippen molar-refractivity contribution in [2.45, 2.75) is 26.4 Å². The van der Waals surface area contributed by atoms with Crippen molar-refractivity contribution >= 4 is 16.9 Å². The van der Waals surface area contributed by atoms with Crippen LogP contribution in [0, 0.1) is 0 Å². The van der Waals surface area contributed by atoms with Crippen LogP contribution in [0.1, 0.15) is 23.6 Å². The van der Waals surface area contributed by atoms with Crippen molar-refractivity contribution in [3.8, 4) is 17.2 Å². The molecule has 4 rings (SSSR count). The zero-order chi connectivity index (χ0) is 22.8. The van der Waals surface area contributed by atoms with E-state index in [0.29, 0.717) is 40.6 Å². The lowest BCUT2D eigenvalue weighted by molar-refractivity contribution is 0.327. The highest BCUT2D eigenvalue weighted by Gasteiger charge is 2.24. The third-order valence-corrected chi connectivity index (χ3v) is 6.14. The average Bonchev–Trinajstić information content (AvgIpc) is 2.82. The van der Waals surface area contributed by atoms with Gasteiger partial charge in [0.15, 0.2) is 11.5 Å². The van der Waals surface area contributed by atoms with E-state index < -0.39 is 0 Å². The second kappa shape index (κ2) is 9.08. The molecule has 0 saturated carbocycles. The van der Waals surface area contributed by atoms with Gasteiger partial charge in [0, 0.05) is 25.7 Å². The van der Waals surface area contributed by atoms with Crippen LogP contribution in [0.2, 0.25) is 0 Å². The maximum Gasteiger partial charge on any atom is 0.286 e. The zero-order valence-corrected chi connectivity index (χ0v) is 19.3. The summed E-state index contributed by atoms with van der Waals surface area (Å²) < 4.78 is 16.3. The minimum absolute atomic E-state index is 0.316. The van der Waals surface area contributed by atoms with E-state index in [1.807, 2.05) is 0 Å². The maximum atomic E-state index is 13.0. The third kappa shape index (κ3) is 3.86. The molecule has 1 aromatic heterocycles. The first-order valence-corrected chi connectivity index (χ1v) is 10.8. The first-order chi connectivity index (χ1) is 15.5. The summed E-state index contributed by atoms with van der Waals surface area (Å²) in [6.07, 6.45) is 0.903. The molecule has 2 aromatic carbocycles. The Morgan fingerprint density at radius 1 is 1.16 bits per heavy atom. The molecule has 0 bridgehead atoms. The number of anilines is 1. The van der Waals surface area contributed by atoms with Gasteiger partial charge in [0.2, 0.25) is 11.7 Å². The van der Waals surface area contributed by atoms with Crippen LogP contribution >= 0.6 is 0 Å². The van der Waals surface area contributed by atoms with Gasteiger partial charge < -0.3 is 29.0 Å². The largest absolute Gasteiger partial charge is 0.493 e. The average molecular weight is 439 g/mol. The standard InChI is InChI=1S/C24H30N4O4/c1-6-27(2)13-15-8-7-9-16-14-28(11-10-17(15)16)24-25-18-12-19(30-3)21(31-4)22(32-5)20(18)23(29)26-24/h7-9,12H,6,10-11,13-14H2,1-5H3,(H,25,26,29). The van der Waals surface area contributed by atoms with Crippen LogP contribution in [0.5, 0.6) is 17.2 Å². The molecular formula is C24H30N4O4. The summed E-state index contributed by atoms with van der Waals surface area (Å²) >= 11 is 0. The number of rotatable bonds is 7. The molecule has 170 valence electrons. The van der Waals surface area contributed by atoms with Gasteiger partial charge in [-0.25, -0.2) is 0 Å². The van der Waals surface area contributed by atoms with Crippen molar-refractivity contribution < 1.29 is 14.2 Å². The smallest absolute Gasteiger partial charge is 0.286 e. The summed E-state index contributed by atoms with van der Waals surface area (Å²) in [4.78, 5) is 25.1. The number of fused-ring (bicyclic) bond motifs is 2. The van der Waals surface area contributed by atoms with Gasteiger partial charge in [-0.05, 0) is 36.7 Å². The Labute approximate surface area is 187 Å². The second-order valence-corrected chi connectivity index (χ2v) is 7.99.